The molecule has 160 valence electrons. The van der Waals surface area contributed by atoms with E-state index in [0.29, 0.717) is 6.42 Å². The molecule has 1 fully saturated rings. The molecule has 0 spiro atoms. The minimum atomic E-state index is 0.244. The predicted molar refractivity (Wildman–Crippen MR) is 122 cm³/mol. The highest BCUT2D eigenvalue weighted by Crippen LogP contribution is 2.28. The Hall–Kier alpha value is -3.41. The molecule has 1 aromatic heterocycles. The smallest absolute Gasteiger partial charge is 0.222 e. The standard InChI is InChI=1S/C25H28N4O2/c1-31-23-12-6-5-11-21(23)22-14-15-24(27-26-22)28-16-18-29(19-17-28)25(30)13-7-10-20-8-3-2-4-9-20/h2-6,8-9,11-12,14-15H,7,10,13,16-19H2,1H3. The van der Waals surface area contributed by atoms with Gasteiger partial charge in [-0.05, 0) is 42.7 Å². The van der Waals surface area contributed by atoms with Gasteiger partial charge in [0.25, 0.3) is 0 Å². The van der Waals surface area contributed by atoms with Crippen LogP contribution >= 0.6 is 0 Å². The average molecular weight is 417 g/mol. The second-order valence-electron chi connectivity index (χ2n) is 7.68. The molecule has 1 aliphatic heterocycles. The van der Waals surface area contributed by atoms with Gasteiger partial charge >= 0.3 is 0 Å². The highest BCUT2D eigenvalue weighted by molar-refractivity contribution is 5.76. The van der Waals surface area contributed by atoms with Gasteiger partial charge in [0.05, 0.1) is 12.8 Å². The Morgan fingerprint density at radius 1 is 0.903 bits per heavy atom. The summed E-state index contributed by atoms with van der Waals surface area (Å²) >= 11 is 0. The number of para-hydroxylation sites is 1. The highest BCUT2D eigenvalue weighted by atomic mass is 16.5. The molecule has 0 saturated carbocycles. The lowest BCUT2D eigenvalue weighted by atomic mass is 10.1. The van der Waals surface area contributed by atoms with Crippen LogP contribution in [0.4, 0.5) is 5.82 Å². The first-order valence-electron chi connectivity index (χ1n) is 10.8. The van der Waals surface area contributed by atoms with Gasteiger partial charge in [-0.1, -0.05) is 42.5 Å². The quantitative estimate of drug-likeness (QED) is 0.586. The normalized spacial score (nSPS) is 13.8. The number of rotatable bonds is 7. The van der Waals surface area contributed by atoms with Crippen molar-refractivity contribution in [2.75, 3.05) is 38.2 Å². The lowest BCUT2D eigenvalue weighted by Gasteiger charge is -2.35. The number of aromatic nitrogens is 2. The van der Waals surface area contributed by atoms with Crippen molar-refractivity contribution >= 4 is 11.7 Å². The van der Waals surface area contributed by atoms with Crippen molar-refractivity contribution in [1.82, 2.24) is 15.1 Å². The largest absolute Gasteiger partial charge is 0.496 e. The Balaban J connectivity index is 1.28. The number of hydrogen-bond donors (Lipinski definition) is 0. The van der Waals surface area contributed by atoms with Crippen molar-refractivity contribution in [3.8, 4) is 17.0 Å². The summed E-state index contributed by atoms with van der Waals surface area (Å²) in [5, 5.41) is 8.83. The number of hydrogen-bond acceptors (Lipinski definition) is 5. The first kappa shape index (κ1) is 20.8. The van der Waals surface area contributed by atoms with Crippen LogP contribution in [0.2, 0.25) is 0 Å². The molecule has 2 aromatic carbocycles. The number of methoxy groups -OCH3 is 1. The molecule has 0 aliphatic carbocycles. The van der Waals surface area contributed by atoms with Crippen molar-refractivity contribution in [3.63, 3.8) is 0 Å². The van der Waals surface area contributed by atoms with E-state index in [0.717, 1.165) is 61.8 Å². The van der Waals surface area contributed by atoms with Crippen LogP contribution in [-0.4, -0.2) is 54.3 Å². The van der Waals surface area contributed by atoms with Gasteiger partial charge < -0.3 is 14.5 Å². The molecule has 1 aliphatic rings. The van der Waals surface area contributed by atoms with E-state index in [1.165, 1.54) is 5.56 Å². The van der Waals surface area contributed by atoms with Crippen molar-refractivity contribution < 1.29 is 9.53 Å². The summed E-state index contributed by atoms with van der Waals surface area (Å²) in [5.74, 6) is 1.87. The summed E-state index contributed by atoms with van der Waals surface area (Å²) in [6.45, 7) is 2.99. The van der Waals surface area contributed by atoms with Crippen molar-refractivity contribution in [2.24, 2.45) is 0 Å². The van der Waals surface area contributed by atoms with Gasteiger partial charge in [0, 0.05) is 38.2 Å². The third-order valence-electron chi connectivity index (χ3n) is 5.69. The van der Waals surface area contributed by atoms with Crippen LogP contribution in [0.1, 0.15) is 18.4 Å². The molecule has 0 unspecified atom stereocenters. The van der Waals surface area contributed by atoms with E-state index in [1.807, 2.05) is 59.5 Å². The number of ether oxygens (including phenoxy) is 1. The van der Waals surface area contributed by atoms with Crippen LogP contribution < -0.4 is 9.64 Å². The topological polar surface area (TPSA) is 58.6 Å². The zero-order valence-corrected chi connectivity index (χ0v) is 17.9. The Bertz CT molecular complexity index is 984. The minimum absolute atomic E-state index is 0.244. The summed E-state index contributed by atoms with van der Waals surface area (Å²) in [4.78, 5) is 16.7. The Labute approximate surface area is 183 Å². The average Bonchev–Trinajstić information content (AvgIpc) is 2.85. The molecular formula is C25H28N4O2. The summed E-state index contributed by atoms with van der Waals surface area (Å²) in [6.07, 6.45) is 2.43. The van der Waals surface area contributed by atoms with Crippen LogP contribution in [0.3, 0.4) is 0 Å². The van der Waals surface area contributed by atoms with Gasteiger partial charge in [-0.3, -0.25) is 4.79 Å². The molecule has 6 nitrogen and oxygen atoms in total. The number of carbonyl (C=O) groups is 1. The predicted octanol–water partition coefficient (Wildman–Crippen LogP) is 3.82. The second-order valence-corrected chi connectivity index (χ2v) is 7.68. The minimum Gasteiger partial charge on any atom is -0.496 e. The van der Waals surface area contributed by atoms with Gasteiger partial charge in [-0.2, -0.15) is 0 Å². The molecule has 0 atom stereocenters. The van der Waals surface area contributed by atoms with E-state index < -0.39 is 0 Å². The lowest BCUT2D eigenvalue weighted by molar-refractivity contribution is -0.131. The number of aryl methyl sites for hydroxylation is 1. The second kappa shape index (κ2) is 10.1. The van der Waals surface area contributed by atoms with Gasteiger partial charge in [0.1, 0.15) is 5.75 Å². The van der Waals surface area contributed by atoms with E-state index in [1.54, 1.807) is 7.11 Å². The highest BCUT2D eigenvalue weighted by Gasteiger charge is 2.22. The van der Waals surface area contributed by atoms with Crippen molar-refractivity contribution in [1.29, 1.82) is 0 Å². The number of anilines is 1. The fourth-order valence-corrected chi connectivity index (χ4v) is 3.93. The summed E-state index contributed by atoms with van der Waals surface area (Å²) in [5.41, 5.74) is 3.00. The molecule has 1 amide bonds. The number of amides is 1. The molecule has 4 rings (SSSR count). The molecule has 3 aromatic rings. The van der Waals surface area contributed by atoms with Crippen LogP contribution in [0.15, 0.2) is 66.7 Å². The first-order valence-corrected chi connectivity index (χ1v) is 10.8. The first-order chi connectivity index (χ1) is 15.2. The molecule has 1 saturated heterocycles. The van der Waals surface area contributed by atoms with Crippen molar-refractivity contribution in [2.45, 2.75) is 19.3 Å². The fourth-order valence-electron chi connectivity index (χ4n) is 3.93. The number of carbonyl (C=O) groups excluding carboxylic acids is 1. The number of piperazine rings is 1. The Morgan fingerprint density at radius 2 is 1.65 bits per heavy atom. The van der Waals surface area contributed by atoms with Gasteiger partial charge in [-0.25, -0.2) is 0 Å². The molecule has 0 bridgehead atoms. The van der Waals surface area contributed by atoms with Crippen LogP contribution in [0, 0.1) is 0 Å². The fraction of sp³-hybridized carbons (Fsp3) is 0.320. The third-order valence-corrected chi connectivity index (χ3v) is 5.69. The van der Waals surface area contributed by atoms with Gasteiger partial charge in [0.15, 0.2) is 5.82 Å². The maximum atomic E-state index is 12.6. The van der Waals surface area contributed by atoms with E-state index in [2.05, 4.69) is 27.2 Å². The SMILES string of the molecule is COc1ccccc1-c1ccc(N2CCN(C(=O)CCCc3ccccc3)CC2)nn1. The Kier molecular flexibility index (Phi) is 6.77. The summed E-state index contributed by atoms with van der Waals surface area (Å²) < 4.78 is 5.42. The molecule has 6 heteroatoms. The molecule has 0 N–H and O–H groups in total. The monoisotopic (exact) mass is 416 g/mol. The van der Waals surface area contributed by atoms with Gasteiger partial charge in [-0.15, -0.1) is 10.2 Å². The zero-order chi connectivity index (χ0) is 21.5. The van der Waals surface area contributed by atoms with E-state index in [4.69, 9.17) is 4.74 Å². The van der Waals surface area contributed by atoms with Crippen LogP contribution in [0.5, 0.6) is 5.75 Å². The van der Waals surface area contributed by atoms with E-state index in [-0.39, 0.29) is 5.91 Å². The van der Waals surface area contributed by atoms with Crippen LogP contribution in [0.25, 0.3) is 11.3 Å². The molecular weight excluding hydrogens is 388 g/mol. The zero-order valence-electron chi connectivity index (χ0n) is 17.9. The Morgan fingerprint density at radius 3 is 2.35 bits per heavy atom. The van der Waals surface area contributed by atoms with Crippen LogP contribution in [-0.2, 0) is 11.2 Å². The maximum Gasteiger partial charge on any atom is 0.222 e. The summed E-state index contributed by atoms with van der Waals surface area (Å²) in [6, 6.07) is 22.1. The number of nitrogens with zero attached hydrogens (tertiary/aromatic N) is 4. The lowest BCUT2D eigenvalue weighted by Crippen LogP contribution is -2.49. The maximum absolute atomic E-state index is 12.6. The van der Waals surface area contributed by atoms with E-state index >= 15 is 0 Å². The third kappa shape index (κ3) is 5.20. The van der Waals surface area contributed by atoms with Crippen molar-refractivity contribution in [3.05, 3.63) is 72.3 Å². The van der Waals surface area contributed by atoms with Gasteiger partial charge in [0.2, 0.25) is 5.91 Å². The number of benzene rings is 2. The molecule has 31 heavy (non-hydrogen) atoms. The molecule has 2 heterocycles. The summed E-state index contributed by atoms with van der Waals surface area (Å²) in [7, 11) is 1.66. The molecule has 0 radical (unpaired) electrons. The van der Waals surface area contributed by atoms with E-state index in [9.17, 15) is 4.79 Å².